The van der Waals surface area contributed by atoms with Gasteiger partial charge in [-0.05, 0) is 31.2 Å². The molecule has 1 amide bonds. The number of nitrogen functional groups attached to an aromatic ring is 1. The Kier molecular flexibility index (Phi) is 3.99. The first kappa shape index (κ1) is 13.8. The van der Waals surface area contributed by atoms with Gasteiger partial charge in [0.2, 0.25) is 0 Å². The number of carbonyl (C=O) groups excluding carboxylic acids is 1. The lowest BCUT2D eigenvalue weighted by Crippen LogP contribution is -2.31. The second kappa shape index (κ2) is 5.19. The van der Waals surface area contributed by atoms with Crippen molar-refractivity contribution in [1.29, 1.82) is 0 Å². The van der Waals surface area contributed by atoms with E-state index in [0.717, 1.165) is 12.8 Å². The third-order valence-electron chi connectivity index (χ3n) is 3.13. The van der Waals surface area contributed by atoms with E-state index in [1.807, 2.05) is 0 Å². The van der Waals surface area contributed by atoms with Gasteiger partial charge in [-0.25, -0.2) is 0 Å². The standard InChI is InChI=1S/C12H14Cl2N2OS/c1-18-12(2-3-12)6-16-11(17)7-4-8(13)10(14)9(15)5-7/h4-5H,2-3,6,15H2,1H3,(H,16,17). The zero-order valence-electron chi connectivity index (χ0n) is 9.93. The van der Waals surface area contributed by atoms with E-state index in [0.29, 0.717) is 22.8 Å². The lowest BCUT2D eigenvalue weighted by Gasteiger charge is -2.13. The number of rotatable bonds is 4. The summed E-state index contributed by atoms with van der Waals surface area (Å²) in [5, 5.41) is 3.50. The minimum Gasteiger partial charge on any atom is -0.397 e. The average Bonchev–Trinajstić information content (AvgIpc) is 3.13. The first-order chi connectivity index (χ1) is 8.47. The topological polar surface area (TPSA) is 55.1 Å². The van der Waals surface area contributed by atoms with Crippen LogP contribution in [0.1, 0.15) is 23.2 Å². The van der Waals surface area contributed by atoms with Gasteiger partial charge in [0.25, 0.3) is 5.91 Å². The van der Waals surface area contributed by atoms with Crippen molar-refractivity contribution >= 4 is 46.6 Å². The normalized spacial score (nSPS) is 16.4. The van der Waals surface area contributed by atoms with E-state index in [-0.39, 0.29) is 15.7 Å². The van der Waals surface area contributed by atoms with Crippen LogP contribution >= 0.6 is 35.0 Å². The number of benzene rings is 1. The molecule has 1 aromatic rings. The number of carbonyl (C=O) groups is 1. The summed E-state index contributed by atoms with van der Waals surface area (Å²) in [5.74, 6) is -0.166. The third kappa shape index (κ3) is 2.87. The molecule has 0 atom stereocenters. The predicted octanol–water partition coefficient (Wildman–Crippen LogP) is 3.20. The number of anilines is 1. The molecule has 0 saturated heterocycles. The van der Waals surface area contributed by atoms with E-state index in [1.54, 1.807) is 17.8 Å². The van der Waals surface area contributed by atoms with Crippen molar-refractivity contribution in [2.24, 2.45) is 0 Å². The Hall–Kier alpha value is -0.580. The van der Waals surface area contributed by atoms with E-state index in [2.05, 4.69) is 11.6 Å². The molecule has 1 fully saturated rings. The number of hydrogen-bond donors (Lipinski definition) is 2. The highest BCUT2D eigenvalue weighted by atomic mass is 35.5. The Balaban J connectivity index is 2.05. The SMILES string of the molecule is CSC1(CNC(=O)c2cc(N)c(Cl)c(Cl)c2)CC1. The molecule has 3 nitrogen and oxygen atoms in total. The maximum atomic E-state index is 12.0. The molecular formula is C12H14Cl2N2OS. The number of nitrogens with one attached hydrogen (secondary N) is 1. The molecule has 2 rings (SSSR count). The molecular weight excluding hydrogens is 291 g/mol. The Labute approximate surface area is 120 Å². The molecule has 1 aliphatic carbocycles. The van der Waals surface area contributed by atoms with Crippen molar-refractivity contribution in [2.75, 3.05) is 18.5 Å². The molecule has 1 aliphatic rings. The molecule has 1 aromatic carbocycles. The van der Waals surface area contributed by atoms with Crippen LogP contribution in [0.3, 0.4) is 0 Å². The average molecular weight is 305 g/mol. The summed E-state index contributed by atoms with van der Waals surface area (Å²) < 4.78 is 0.234. The second-order valence-electron chi connectivity index (χ2n) is 4.43. The summed E-state index contributed by atoms with van der Waals surface area (Å²) >= 11 is 13.5. The van der Waals surface area contributed by atoms with Crippen LogP contribution in [0.25, 0.3) is 0 Å². The number of hydrogen-bond acceptors (Lipinski definition) is 3. The molecule has 0 aromatic heterocycles. The highest BCUT2D eigenvalue weighted by molar-refractivity contribution is 8.00. The van der Waals surface area contributed by atoms with Crippen LogP contribution < -0.4 is 11.1 Å². The highest BCUT2D eigenvalue weighted by Crippen LogP contribution is 2.46. The van der Waals surface area contributed by atoms with Gasteiger partial charge in [0.1, 0.15) is 0 Å². The molecule has 0 bridgehead atoms. The number of nitrogens with two attached hydrogens (primary N) is 1. The fourth-order valence-corrected chi connectivity index (χ4v) is 2.74. The van der Waals surface area contributed by atoms with Crippen molar-refractivity contribution in [1.82, 2.24) is 5.32 Å². The minimum absolute atomic E-state index is 0.166. The molecule has 0 spiro atoms. The monoisotopic (exact) mass is 304 g/mol. The molecule has 0 heterocycles. The van der Waals surface area contributed by atoms with Gasteiger partial charge in [-0.3, -0.25) is 4.79 Å². The van der Waals surface area contributed by atoms with Gasteiger partial charge in [-0.2, -0.15) is 11.8 Å². The van der Waals surface area contributed by atoms with Crippen molar-refractivity contribution in [3.8, 4) is 0 Å². The summed E-state index contributed by atoms with van der Waals surface area (Å²) in [5.41, 5.74) is 6.44. The summed E-state index contributed by atoms with van der Waals surface area (Å²) in [4.78, 5) is 12.0. The second-order valence-corrected chi connectivity index (χ2v) is 6.49. The number of amides is 1. The quantitative estimate of drug-likeness (QED) is 0.840. The van der Waals surface area contributed by atoms with E-state index < -0.39 is 0 Å². The maximum Gasteiger partial charge on any atom is 0.251 e. The fraction of sp³-hybridized carbons (Fsp3) is 0.417. The van der Waals surface area contributed by atoms with Crippen molar-refractivity contribution in [3.63, 3.8) is 0 Å². The molecule has 3 N–H and O–H groups in total. The molecule has 18 heavy (non-hydrogen) atoms. The maximum absolute atomic E-state index is 12.0. The van der Waals surface area contributed by atoms with E-state index in [1.165, 1.54) is 6.07 Å². The fourth-order valence-electron chi connectivity index (χ4n) is 1.68. The van der Waals surface area contributed by atoms with Gasteiger partial charge in [0, 0.05) is 16.9 Å². The van der Waals surface area contributed by atoms with Gasteiger partial charge < -0.3 is 11.1 Å². The molecule has 0 unspecified atom stereocenters. The lowest BCUT2D eigenvalue weighted by atomic mass is 10.2. The molecule has 0 aliphatic heterocycles. The van der Waals surface area contributed by atoms with Crippen LogP contribution in [0.2, 0.25) is 10.0 Å². The van der Waals surface area contributed by atoms with E-state index in [4.69, 9.17) is 28.9 Å². The summed E-state index contributed by atoms with van der Waals surface area (Å²) in [6.45, 7) is 0.674. The smallest absolute Gasteiger partial charge is 0.251 e. The molecule has 98 valence electrons. The first-order valence-electron chi connectivity index (χ1n) is 5.55. The van der Waals surface area contributed by atoms with Crippen LogP contribution in [0.5, 0.6) is 0 Å². The molecule has 0 radical (unpaired) electrons. The number of thioether (sulfide) groups is 1. The summed E-state index contributed by atoms with van der Waals surface area (Å²) in [6.07, 6.45) is 4.37. The minimum atomic E-state index is -0.166. The van der Waals surface area contributed by atoms with Crippen molar-refractivity contribution in [2.45, 2.75) is 17.6 Å². The Morgan fingerprint density at radius 3 is 2.67 bits per heavy atom. The van der Waals surface area contributed by atoms with Crippen LogP contribution in [0, 0.1) is 0 Å². The first-order valence-corrected chi connectivity index (χ1v) is 7.53. The van der Waals surface area contributed by atoms with E-state index in [9.17, 15) is 4.79 Å². The van der Waals surface area contributed by atoms with Gasteiger partial charge >= 0.3 is 0 Å². The Morgan fingerprint density at radius 1 is 1.50 bits per heavy atom. The summed E-state index contributed by atoms with van der Waals surface area (Å²) in [6, 6.07) is 3.08. The summed E-state index contributed by atoms with van der Waals surface area (Å²) in [7, 11) is 0. The van der Waals surface area contributed by atoms with Gasteiger partial charge in [0.05, 0.1) is 15.7 Å². The zero-order chi connectivity index (χ0) is 13.3. The van der Waals surface area contributed by atoms with Crippen LogP contribution in [0.15, 0.2) is 12.1 Å². The van der Waals surface area contributed by atoms with Crippen LogP contribution in [-0.2, 0) is 0 Å². The van der Waals surface area contributed by atoms with Gasteiger partial charge in [-0.15, -0.1) is 0 Å². The third-order valence-corrected chi connectivity index (χ3v) is 5.37. The van der Waals surface area contributed by atoms with Crippen molar-refractivity contribution < 1.29 is 4.79 Å². The molecule has 1 saturated carbocycles. The van der Waals surface area contributed by atoms with Gasteiger partial charge in [-0.1, -0.05) is 23.2 Å². The molecule has 6 heteroatoms. The Bertz CT molecular complexity index is 466. The highest BCUT2D eigenvalue weighted by Gasteiger charge is 2.41. The largest absolute Gasteiger partial charge is 0.397 e. The predicted molar refractivity (Wildman–Crippen MR) is 78.7 cm³/mol. The van der Waals surface area contributed by atoms with Gasteiger partial charge in [0.15, 0.2) is 0 Å². The van der Waals surface area contributed by atoms with Crippen molar-refractivity contribution in [3.05, 3.63) is 27.7 Å². The lowest BCUT2D eigenvalue weighted by molar-refractivity contribution is 0.0953. The number of halogens is 2. The zero-order valence-corrected chi connectivity index (χ0v) is 12.3. The Morgan fingerprint density at radius 2 is 2.17 bits per heavy atom. The van der Waals surface area contributed by atoms with Crippen LogP contribution in [0.4, 0.5) is 5.69 Å². The van der Waals surface area contributed by atoms with Crippen LogP contribution in [-0.4, -0.2) is 23.5 Å². The van der Waals surface area contributed by atoms with E-state index >= 15 is 0 Å².